The standard InChI is InChI=1S/C15H19BrN2O3/c1-15(7-3-2-4-8-15)10-17-14(19)11-5-6-12(16)13(9-11)18(20)21/h5-6,9H,2-4,7-8,10H2,1H3,(H,17,19). The van der Waals surface area contributed by atoms with Crippen LogP contribution in [0.25, 0.3) is 0 Å². The number of benzene rings is 1. The van der Waals surface area contributed by atoms with Gasteiger partial charge in [-0.25, -0.2) is 0 Å². The Morgan fingerprint density at radius 3 is 2.67 bits per heavy atom. The van der Waals surface area contributed by atoms with Crippen LogP contribution in [0.5, 0.6) is 0 Å². The van der Waals surface area contributed by atoms with E-state index in [9.17, 15) is 14.9 Å². The summed E-state index contributed by atoms with van der Waals surface area (Å²) in [4.78, 5) is 22.6. The van der Waals surface area contributed by atoms with E-state index >= 15 is 0 Å². The number of nitrogens with zero attached hydrogens (tertiary/aromatic N) is 1. The molecular formula is C15H19BrN2O3. The predicted molar refractivity (Wildman–Crippen MR) is 84.3 cm³/mol. The monoisotopic (exact) mass is 354 g/mol. The average molecular weight is 355 g/mol. The highest BCUT2D eigenvalue weighted by molar-refractivity contribution is 9.10. The summed E-state index contributed by atoms with van der Waals surface area (Å²) in [5.74, 6) is -0.252. The Morgan fingerprint density at radius 2 is 2.05 bits per heavy atom. The van der Waals surface area contributed by atoms with E-state index in [2.05, 4.69) is 28.2 Å². The molecule has 1 N–H and O–H groups in total. The smallest absolute Gasteiger partial charge is 0.284 e. The molecule has 21 heavy (non-hydrogen) atoms. The van der Waals surface area contributed by atoms with Gasteiger partial charge in [-0.3, -0.25) is 14.9 Å². The van der Waals surface area contributed by atoms with Gasteiger partial charge in [-0.2, -0.15) is 0 Å². The second-order valence-electron chi connectivity index (χ2n) is 5.98. The number of halogens is 1. The number of hydrogen-bond donors (Lipinski definition) is 1. The van der Waals surface area contributed by atoms with Crippen molar-refractivity contribution in [3.63, 3.8) is 0 Å². The lowest BCUT2D eigenvalue weighted by Gasteiger charge is -2.33. The number of nitro groups is 1. The van der Waals surface area contributed by atoms with E-state index in [4.69, 9.17) is 0 Å². The number of rotatable bonds is 4. The van der Waals surface area contributed by atoms with Gasteiger partial charge in [0.1, 0.15) is 0 Å². The van der Waals surface area contributed by atoms with Crippen LogP contribution in [0, 0.1) is 15.5 Å². The fourth-order valence-corrected chi connectivity index (χ4v) is 3.16. The van der Waals surface area contributed by atoms with Crippen molar-refractivity contribution in [3.8, 4) is 0 Å². The lowest BCUT2D eigenvalue weighted by atomic mass is 9.76. The number of carbonyl (C=O) groups excluding carboxylic acids is 1. The molecule has 1 fully saturated rings. The number of hydrogen-bond acceptors (Lipinski definition) is 3. The van der Waals surface area contributed by atoms with Gasteiger partial charge in [-0.1, -0.05) is 26.2 Å². The van der Waals surface area contributed by atoms with E-state index in [1.165, 1.54) is 31.4 Å². The van der Waals surface area contributed by atoms with Gasteiger partial charge in [0.15, 0.2) is 0 Å². The van der Waals surface area contributed by atoms with Crippen molar-refractivity contribution in [2.24, 2.45) is 5.41 Å². The van der Waals surface area contributed by atoms with Crippen LogP contribution >= 0.6 is 15.9 Å². The van der Waals surface area contributed by atoms with E-state index in [1.807, 2.05) is 0 Å². The molecule has 0 unspecified atom stereocenters. The SMILES string of the molecule is CC1(CNC(=O)c2ccc(Br)c([N+](=O)[O-])c2)CCCCC1. The lowest BCUT2D eigenvalue weighted by Crippen LogP contribution is -2.37. The van der Waals surface area contributed by atoms with Crippen molar-refractivity contribution in [1.82, 2.24) is 5.32 Å². The number of nitro benzene ring substituents is 1. The van der Waals surface area contributed by atoms with E-state index in [0.29, 0.717) is 16.6 Å². The molecule has 1 amide bonds. The third-order valence-electron chi connectivity index (χ3n) is 4.14. The molecule has 2 rings (SSSR count). The molecule has 6 heteroatoms. The summed E-state index contributed by atoms with van der Waals surface area (Å²) < 4.78 is 0.378. The zero-order valence-electron chi connectivity index (χ0n) is 12.0. The highest BCUT2D eigenvalue weighted by atomic mass is 79.9. The average Bonchev–Trinajstić information content (AvgIpc) is 2.46. The molecular weight excluding hydrogens is 336 g/mol. The maximum Gasteiger partial charge on any atom is 0.284 e. The summed E-state index contributed by atoms with van der Waals surface area (Å²) in [6.07, 6.45) is 5.91. The Morgan fingerprint density at radius 1 is 1.38 bits per heavy atom. The second kappa shape index (κ2) is 6.56. The fourth-order valence-electron chi connectivity index (χ4n) is 2.77. The summed E-state index contributed by atoms with van der Waals surface area (Å²) in [6, 6.07) is 4.44. The van der Waals surface area contributed by atoms with Crippen molar-refractivity contribution in [1.29, 1.82) is 0 Å². The second-order valence-corrected chi connectivity index (χ2v) is 6.83. The van der Waals surface area contributed by atoms with Crippen LogP contribution in [0.2, 0.25) is 0 Å². The zero-order chi connectivity index (χ0) is 15.5. The molecule has 0 atom stereocenters. The highest BCUT2D eigenvalue weighted by Gasteiger charge is 2.27. The molecule has 0 aromatic heterocycles. The maximum atomic E-state index is 12.2. The van der Waals surface area contributed by atoms with Gasteiger partial charge in [0.05, 0.1) is 9.40 Å². The maximum absolute atomic E-state index is 12.2. The first-order chi connectivity index (χ1) is 9.91. The normalized spacial score (nSPS) is 17.2. The van der Waals surface area contributed by atoms with Crippen LogP contribution in [0.1, 0.15) is 49.4 Å². The topological polar surface area (TPSA) is 72.2 Å². The third-order valence-corrected chi connectivity index (χ3v) is 4.81. The van der Waals surface area contributed by atoms with Crippen molar-refractivity contribution >= 4 is 27.5 Å². The molecule has 0 saturated heterocycles. The number of amides is 1. The van der Waals surface area contributed by atoms with Crippen LogP contribution in [0.4, 0.5) is 5.69 Å². The number of nitrogens with one attached hydrogen (secondary N) is 1. The van der Waals surface area contributed by atoms with E-state index in [1.54, 1.807) is 6.07 Å². The molecule has 0 spiro atoms. The Bertz CT molecular complexity index is 554. The third kappa shape index (κ3) is 4.03. The van der Waals surface area contributed by atoms with Crippen LogP contribution in [-0.2, 0) is 0 Å². The number of carbonyl (C=O) groups is 1. The lowest BCUT2D eigenvalue weighted by molar-refractivity contribution is -0.385. The van der Waals surface area contributed by atoms with Crippen molar-refractivity contribution in [2.45, 2.75) is 39.0 Å². The predicted octanol–water partition coefficient (Wildman–Crippen LogP) is 4.06. The Hall–Kier alpha value is -1.43. The van der Waals surface area contributed by atoms with Gasteiger partial charge in [0.2, 0.25) is 0 Å². The van der Waals surface area contributed by atoms with E-state index in [0.717, 1.165) is 12.8 Å². The summed E-state index contributed by atoms with van der Waals surface area (Å²) in [6.45, 7) is 2.81. The van der Waals surface area contributed by atoms with Crippen LogP contribution in [0.15, 0.2) is 22.7 Å². The van der Waals surface area contributed by atoms with Gasteiger partial charge >= 0.3 is 0 Å². The minimum Gasteiger partial charge on any atom is -0.351 e. The molecule has 1 aliphatic carbocycles. The van der Waals surface area contributed by atoms with Gasteiger partial charge < -0.3 is 5.32 Å². The molecule has 0 bridgehead atoms. The largest absolute Gasteiger partial charge is 0.351 e. The molecule has 0 heterocycles. The van der Waals surface area contributed by atoms with E-state index < -0.39 is 4.92 Å². The van der Waals surface area contributed by atoms with E-state index in [-0.39, 0.29) is 17.0 Å². The first-order valence-electron chi connectivity index (χ1n) is 7.13. The molecule has 1 saturated carbocycles. The Balaban J connectivity index is 2.03. The zero-order valence-corrected chi connectivity index (χ0v) is 13.6. The summed E-state index contributed by atoms with van der Waals surface area (Å²) >= 11 is 3.12. The van der Waals surface area contributed by atoms with Crippen LogP contribution < -0.4 is 5.32 Å². The molecule has 0 aliphatic heterocycles. The molecule has 114 valence electrons. The molecule has 1 aromatic rings. The first kappa shape index (κ1) is 15.9. The minimum absolute atomic E-state index is 0.0912. The van der Waals surface area contributed by atoms with Gasteiger partial charge in [0, 0.05) is 18.2 Å². The van der Waals surface area contributed by atoms with Crippen LogP contribution in [0.3, 0.4) is 0 Å². The minimum atomic E-state index is -0.497. The highest BCUT2D eigenvalue weighted by Crippen LogP contribution is 2.35. The summed E-state index contributed by atoms with van der Waals surface area (Å²) in [5, 5.41) is 13.8. The quantitative estimate of drug-likeness (QED) is 0.654. The van der Waals surface area contributed by atoms with Gasteiger partial charge in [-0.15, -0.1) is 0 Å². The van der Waals surface area contributed by atoms with Crippen molar-refractivity contribution in [3.05, 3.63) is 38.3 Å². The summed E-state index contributed by atoms with van der Waals surface area (Å²) in [5.41, 5.74) is 0.380. The van der Waals surface area contributed by atoms with Crippen LogP contribution in [-0.4, -0.2) is 17.4 Å². The van der Waals surface area contributed by atoms with Gasteiger partial charge in [0.25, 0.3) is 11.6 Å². The Kier molecular flexibility index (Phi) is 4.98. The first-order valence-corrected chi connectivity index (χ1v) is 7.93. The Labute approximate surface area is 132 Å². The molecule has 1 aromatic carbocycles. The van der Waals surface area contributed by atoms with Gasteiger partial charge in [-0.05, 0) is 46.3 Å². The van der Waals surface area contributed by atoms with Crippen molar-refractivity contribution in [2.75, 3.05) is 6.54 Å². The molecule has 0 radical (unpaired) electrons. The molecule has 5 nitrogen and oxygen atoms in total. The fraction of sp³-hybridized carbons (Fsp3) is 0.533. The molecule has 1 aliphatic rings. The van der Waals surface area contributed by atoms with Crippen molar-refractivity contribution < 1.29 is 9.72 Å². The summed E-state index contributed by atoms with van der Waals surface area (Å²) in [7, 11) is 0.